The molecule has 148 valence electrons. The Hall–Kier alpha value is -3.15. The van der Waals surface area contributed by atoms with Gasteiger partial charge in [-0.2, -0.15) is 10.4 Å². The van der Waals surface area contributed by atoms with Crippen LogP contribution in [0.1, 0.15) is 33.3 Å². The van der Waals surface area contributed by atoms with Gasteiger partial charge in [-0.15, -0.1) is 0 Å². The largest absolute Gasteiger partial charge is 0.444 e. The molecule has 1 aliphatic heterocycles. The minimum absolute atomic E-state index is 0.0512. The van der Waals surface area contributed by atoms with Crippen molar-refractivity contribution in [3.8, 4) is 17.3 Å². The van der Waals surface area contributed by atoms with Crippen molar-refractivity contribution < 1.29 is 9.53 Å². The first-order valence-electron chi connectivity index (χ1n) is 9.18. The third kappa shape index (κ3) is 4.22. The number of anilines is 1. The Labute approximate surface area is 164 Å². The number of piperazine rings is 1. The first-order chi connectivity index (χ1) is 13.2. The smallest absolute Gasteiger partial charge is 0.410 e. The molecule has 9 heteroatoms. The Bertz CT molecular complexity index is 910. The number of carbonyl (C=O) groups is 1. The van der Waals surface area contributed by atoms with E-state index in [1.165, 1.54) is 6.20 Å². The van der Waals surface area contributed by atoms with Crippen molar-refractivity contribution in [1.82, 2.24) is 24.6 Å². The zero-order valence-electron chi connectivity index (χ0n) is 16.9. The fourth-order valence-corrected chi connectivity index (χ4v) is 3.10. The molecule has 0 unspecified atom stereocenters. The summed E-state index contributed by atoms with van der Waals surface area (Å²) in [5, 5.41) is 13.5. The van der Waals surface area contributed by atoms with Crippen LogP contribution in [0.3, 0.4) is 0 Å². The quantitative estimate of drug-likeness (QED) is 0.783. The van der Waals surface area contributed by atoms with E-state index in [1.54, 1.807) is 15.8 Å². The Morgan fingerprint density at radius 2 is 2.07 bits per heavy atom. The van der Waals surface area contributed by atoms with Gasteiger partial charge in [0, 0.05) is 44.5 Å². The van der Waals surface area contributed by atoms with Crippen molar-refractivity contribution in [1.29, 1.82) is 5.26 Å². The maximum Gasteiger partial charge on any atom is 0.410 e. The Morgan fingerprint density at radius 1 is 1.32 bits per heavy atom. The predicted molar refractivity (Wildman–Crippen MR) is 104 cm³/mol. The lowest BCUT2D eigenvalue weighted by Gasteiger charge is -2.40. The molecule has 0 aliphatic carbocycles. The van der Waals surface area contributed by atoms with E-state index in [1.807, 2.05) is 45.8 Å². The van der Waals surface area contributed by atoms with E-state index in [4.69, 9.17) is 4.74 Å². The number of aryl methyl sites for hydroxylation is 1. The fourth-order valence-electron chi connectivity index (χ4n) is 3.10. The molecule has 1 atom stereocenters. The molecule has 0 N–H and O–H groups in total. The van der Waals surface area contributed by atoms with E-state index in [-0.39, 0.29) is 12.1 Å². The number of carbonyl (C=O) groups excluding carboxylic acids is 1. The first kappa shape index (κ1) is 19.6. The van der Waals surface area contributed by atoms with Gasteiger partial charge in [0.1, 0.15) is 11.7 Å². The highest BCUT2D eigenvalue weighted by Crippen LogP contribution is 2.24. The fraction of sp³-hybridized carbons (Fsp3) is 0.526. The molecule has 2 aromatic heterocycles. The SMILES string of the molecule is C[C@@H]1CN(c2ncc(C#N)c(-c3cnn(C)c3)n2)CCN1C(=O)OC(C)(C)C. The van der Waals surface area contributed by atoms with E-state index in [0.29, 0.717) is 36.8 Å². The topological polar surface area (TPSA) is 100 Å². The minimum atomic E-state index is -0.525. The van der Waals surface area contributed by atoms with E-state index in [0.717, 1.165) is 5.56 Å². The molecule has 2 aromatic rings. The van der Waals surface area contributed by atoms with Gasteiger partial charge in [0.15, 0.2) is 0 Å². The van der Waals surface area contributed by atoms with Crippen molar-refractivity contribution in [2.24, 2.45) is 7.05 Å². The maximum atomic E-state index is 12.4. The molecule has 0 spiro atoms. The van der Waals surface area contributed by atoms with Crippen LogP contribution < -0.4 is 4.90 Å². The van der Waals surface area contributed by atoms with Crippen LogP contribution in [0, 0.1) is 11.3 Å². The summed E-state index contributed by atoms with van der Waals surface area (Å²) in [5.74, 6) is 0.536. The van der Waals surface area contributed by atoms with Crippen LogP contribution in [0.25, 0.3) is 11.3 Å². The second-order valence-corrected chi connectivity index (χ2v) is 7.92. The van der Waals surface area contributed by atoms with Crippen molar-refractivity contribution in [2.45, 2.75) is 39.3 Å². The monoisotopic (exact) mass is 383 g/mol. The summed E-state index contributed by atoms with van der Waals surface area (Å²) < 4.78 is 7.16. The number of hydrogen-bond donors (Lipinski definition) is 0. The maximum absolute atomic E-state index is 12.4. The summed E-state index contributed by atoms with van der Waals surface area (Å²) >= 11 is 0. The molecule has 3 heterocycles. The summed E-state index contributed by atoms with van der Waals surface area (Å²) in [5.41, 5.74) is 1.20. The van der Waals surface area contributed by atoms with Gasteiger partial charge < -0.3 is 14.5 Å². The predicted octanol–water partition coefficient (Wildman–Crippen LogP) is 2.19. The molecular formula is C19H25N7O2. The van der Waals surface area contributed by atoms with Crippen LogP contribution in [-0.4, -0.2) is 62.0 Å². The van der Waals surface area contributed by atoms with E-state index >= 15 is 0 Å². The van der Waals surface area contributed by atoms with E-state index in [9.17, 15) is 10.1 Å². The molecule has 0 bridgehead atoms. The molecule has 0 saturated carbocycles. The van der Waals surface area contributed by atoms with Crippen molar-refractivity contribution >= 4 is 12.0 Å². The zero-order chi connectivity index (χ0) is 20.5. The van der Waals surface area contributed by atoms with Crippen molar-refractivity contribution in [3.63, 3.8) is 0 Å². The summed E-state index contributed by atoms with van der Waals surface area (Å²) in [6.45, 7) is 9.23. The summed E-state index contributed by atoms with van der Waals surface area (Å²) in [6.07, 6.45) is 4.72. The molecule has 1 fully saturated rings. The Morgan fingerprint density at radius 3 is 2.64 bits per heavy atom. The molecular weight excluding hydrogens is 358 g/mol. The number of rotatable bonds is 2. The van der Waals surface area contributed by atoms with Gasteiger partial charge in [-0.3, -0.25) is 4.68 Å². The second-order valence-electron chi connectivity index (χ2n) is 7.92. The molecule has 1 amide bonds. The molecule has 1 aliphatic rings. The molecule has 3 rings (SSSR count). The average Bonchev–Trinajstić information content (AvgIpc) is 3.05. The molecule has 0 aromatic carbocycles. The standard InChI is InChI=1S/C19H25N7O2/c1-13-11-25(6-7-26(13)18(27)28-19(2,3)4)17-21-9-14(8-20)16(23-17)15-10-22-24(5)12-15/h9-10,12-13H,6-7,11H2,1-5H3/t13-/m1/s1. The van der Waals surface area contributed by atoms with Crippen molar-refractivity contribution in [3.05, 3.63) is 24.2 Å². The Balaban J connectivity index is 1.79. The van der Waals surface area contributed by atoms with Crippen LogP contribution in [0.15, 0.2) is 18.6 Å². The van der Waals surface area contributed by atoms with Crippen LogP contribution in [0.2, 0.25) is 0 Å². The van der Waals surface area contributed by atoms with Gasteiger partial charge in [-0.25, -0.2) is 14.8 Å². The third-order valence-electron chi connectivity index (χ3n) is 4.41. The van der Waals surface area contributed by atoms with Crippen LogP contribution >= 0.6 is 0 Å². The van der Waals surface area contributed by atoms with E-state index in [2.05, 4.69) is 21.1 Å². The average molecular weight is 383 g/mol. The van der Waals surface area contributed by atoms with Gasteiger partial charge in [-0.05, 0) is 27.7 Å². The minimum Gasteiger partial charge on any atom is -0.444 e. The summed E-state index contributed by atoms with van der Waals surface area (Å²) in [4.78, 5) is 25.1. The van der Waals surface area contributed by atoms with Crippen molar-refractivity contribution in [2.75, 3.05) is 24.5 Å². The number of nitriles is 1. The summed E-state index contributed by atoms with van der Waals surface area (Å²) in [7, 11) is 1.81. The highest BCUT2D eigenvalue weighted by atomic mass is 16.6. The summed E-state index contributed by atoms with van der Waals surface area (Å²) in [6, 6.07) is 2.08. The number of hydrogen-bond acceptors (Lipinski definition) is 7. The molecule has 0 radical (unpaired) electrons. The number of aromatic nitrogens is 4. The Kier molecular flexibility index (Phi) is 5.23. The lowest BCUT2D eigenvalue weighted by Crippen LogP contribution is -2.55. The highest BCUT2D eigenvalue weighted by Gasteiger charge is 2.32. The third-order valence-corrected chi connectivity index (χ3v) is 4.41. The van der Waals surface area contributed by atoms with Gasteiger partial charge in [0.2, 0.25) is 5.95 Å². The van der Waals surface area contributed by atoms with Crippen LogP contribution in [0.5, 0.6) is 0 Å². The van der Waals surface area contributed by atoms with Gasteiger partial charge >= 0.3 is 6.09 Å². The molecule has 9 nitrogen and oxygen atoms in total. The van der Waals surface area contributed by atoms with Gasteiger partial charge in [-0.1, -0.05) is 0 Å². The zero-order valence-corrected chi connectivity index (χ0v) is 16.9. The second kappa shape index (κ2) is 7.46. The molecule has 28 heavy (non-hydrogen) atoms. The van der Waals surface area contributed by atoms with E-state index < -0.39 is 5.60 Å². The van der Waals surface area contributed by atoms with Crippen LogP contribution in [0.4, 0.5) is 10.7 Å². The first-order valence-corrected chi connectivity index (χ1v) is 9.18. The van der Waals surface area contributed by atoms with Gasteiger partial charge in [0.25, 0.3) is 0 Å². The lowest BCUT2D eigenvalue weighted by molar-refractivity contribution is 0.0158. The number of nitrogens with zero attached hydrogens (tertiary/aromatic N) is 7. The van der Waals surface area contributed by atoms with Crippen LogP contribution in [-0.2, 0) is 11.8 Å². The molecule has 1 saturated heterocycles. The number of amides is 1. The lowest BCUT2D eigenvalue weighted by atomic mass is 10.1. The highest BCUT2D eigenvalue weighted by molar-refractivity contribution is 5.69. The number of ether oxygens (including phenoxy) is 1. The normalized spacial score (nSPS) is 17.4. The van der Waals surface area contributed by atoms with Gasteiger partial charge in [0.05, 0.1) is 23.7 Å².